The minimum Gasteiger partial charge on any atom is -0.513 e. The minimum absolute atomic E-state index is 0.174. The lowest BCUT2D eigenvalue weighted by Gasteiger charge is -1.97. The van der Waals surface area contributed by atoms with Crippen molar-refractivity contribution < 1.29 is 5.11 Å². The van der Waals surface area contributed by atoms with Gasteiger partial charge in [-0.05, 0) is 12.8 Å². The second-order valence-electron chi connectivity index (χ2n) is 2.02. The monoisotopic (exact) mass is 127 g/mol. The van der Waals surface area contributed by atoms with Gasteiger partial charge in [0.2, 0.25) is 0 Å². The molecule has 52 valence electrons. The lowest BCUT2D eigenvalue weighted by Crippen LogP contribution is -1.93. The van der Waals surface area contributed by atoms with E-state index >= 15 is 0 Å². The SMILES string of the molecule is C=C(O)CCC(=N)CC. The van der Waals surface area contributed by atoms with Crippen molar-refractivity contribution in [3.63, 3.8) is 0 Å². The number of rotatable bonds is 4. The number of allylic oxidation sites excluding steroid dienone is 1. The Morgan fingerprint density at radius 3 is 2.44 bits per heavy atom. The Morgan fingerprint density at radius 1 is 1.56 bits per heavy atom. The Labute approximate surface area is 55.7 Å². The molecule has 0 bridgehead atoms. The summed E-state index contributed by atoms with van der Waals surface area (Å²) in [6, 6.07) is 0. The van der Waals surface area contributed by atoms with Crippen LogP contribution in [0, 0.1) is 5.41 Å². The number of hydrogen-bond acceptors (Lipinski definition) is 2. The normalized spacial score (nSPS) is 9.00. The van der Waals surface area contributed by atoms with E-state index in [1.807, 2.05) is 6.92 Å². The van der Waals surface area contributed by atoms with Gasteiger partial charge in [0.15, 0.2) is 0 Å². The van der Waals surface area contributed by atoms with Crippen molar-refractivity contribution in [3.05, 3.63) is 12.3 Å². The van der Waals surface area contributed by atoms with Crippen LogP contribution in [-0.2, 0) is 0 Å². The molecule has 0 heterocycles. The first-order valence-electron chi connectivity index (χ1n) is 3.09. The molecule has 0 aliphatic carbocycles. The summed E-state index contributed by atoms with van der Waals surface area (Å²) < 4.78 is 0. The van der Waals surface area contributed by atoms with Crippen LogP contribution in [0.2, 0.25) is 0 Å². The van der Waals surface area contributed by atoms with Gasteiger partial charge in [0.25, 0.3) is 0 Å². The molecule has 0 aliphatic rings. The van der Waals surface area contributed by atoms with E-state index in [0.717, 1.165) is 6.42 Å². The third-order valence-electron chi connectivity index (χ3n) is 1.14. The van der Waals surface area contributed by atoms with Gasteiger partial charge < -0.3 is 10.5 Å². The van der Waals surface area contributed by atoms with Gasteiger partial charge in [-0.1, -0.05) is 13.5 Å². The molecule has 0 spiro atoms. The molecule has 0 aliphatic heterocycles. The Morgan fingerprint density at radius 2 is 2.11 bits per heavy atom. The molecule has 0 amide bonds. The standard InChI is InChI=1S/C7H13NO/c1-3-7(8)5-4-6(2)9/h8-9H,2-5H2,1H3. The maximum absolute atomic E-state index is 8.61. The fourth-order valence-corrected chi connectivity index (χ4v) is 0.472. The lowest BCUT2D eigenvalue weighted by atomic mass is 10.1. The average Bonchev–Trinajstić information content (AvgIpc) is 1.83. The highest BCUT2D eigenvalue weighted by molar-refractivity contribution is 5.81. The first kappa shape index (κ1) is 8.21. The quantitative estimate of drug-likeness (QED) is 0.441. The van der Waals surface area contributed by atoms with Crippen LogP contribution in [0.25, 0.3) is 0 Å². The van der Waals surface area contributed by atoms with Crippen LogP contribution < -0.4 is 0 Å². The molecule has 2 N–H and O–H groups in total. The largest absolute Gasteiger partial charge is 0.513 e. The molecule has 2 heteroatoms. The number of aliphatic hydroxyl groups is 1. The van der Waals surface area contributed by atoms with E-state index in [2.05, 4.69) is 6.58 Å². The molecule has 0 aromatic carbocycles. The van der Waals surface area contributed by atoms with Crippen molar-refractivity contribution in [1.29, 1.82) is 5.41 Å². The van der Waals surface area contributed by atoms with E-state index in [4.69, 9.17) is 10.5 Å². The van der Waals surface area contributed by atoms with E-state index in [-0.39, 0.29) is 5.76 Å². The summed E-state index contributed by atoms with van der Waals surface area (Å²) in [5.41, 5.74) is 0.671. The Balaban J connectivity index is 3.28. The van der Waals surface area contributed by atoms with Gasteiger partial charge in [-0.15, -0.1) is 0 Å². The maximum atomic E-state index is 8.61. The topological polar surface area (TPSA) is 44.1 Å². The van der Waals surface area contributed by atoms with Crippen LogP contribution in [0.15, 0.2) is 12.3 Å². The average molecular weight is 127 g/mol. The van der Waals surface area contributed by atoms with Gasteiger partial charge in [-0.25, -0.2) is 0 Å². The predicted octanol–water partition coefficient (Wildman–Crippen LogP) is 2.27. The number of nitrogens with one attached hydrogen (secondary N) is 1. The fraction of sp³-hybridized carbons (Fsp3) is 0.571. The Kier molecular flexibility index (Phi) is 3.76. The van der Waals surface area contributed by atoms with Crippen molar-refractivity contribution in [2.24, 2.45) is 0 Å². The summed E-state index contributed by atoms with van der Waals surface area (Å²) >= 11 is 0. The van der Waals surface area contributed by atoms with Crippen molar-refractivity contribution in [2.45, 2.75) is 26.2 Å². The van der Waals surface area contributed by atoms with Crippen LogP contribution in [0.5, 0.6) is 0 Å². The van der Waals surface area contributed by atoms with Crippen molar-refractivity contribution >= 4 is 5.71 Å². The van der Waals surface area contributed by atoms with Gasteiger partial charge in [0.1, 0.15) is 0 Å². The smallest absolute Gasteiger partial charge is 0.0854 e. The first-order valence-corrected chi connectivity index (χ1v) is 3.09. The van der Waals surface area contributed by atoms with E-state index in [0.29, 0.717) is 18.6 Å². The maximum Gasteiger partial charge on any atom is 0.0854 e. The van der Waals surface area contributed by atoms with Crippen molar-refractivity contribution in [3.8, 4) is 0 Å². The molecule has 0 saturated carbocycles. The van der Waals surface area contributed by atoms with Gasteiger partial charge in [-0.3, -0.25) is 0 Å². The van der Waals surface area contributed by atoms with E-state index in [1.165, 1.54) is 0 Å². The molecule has 0 aromatic rings. The summed E-state index contributed by atoms with van der Waals surface area (Å²) in [5.74, 6) is 0.174. The summed E-state index contributed by atoms with van der Waals surface area (Å²) in [6.45, 7) is 5.25. The highest BCUT2D eigenvalue weighted by Crippen LogP contribution is 2.00. The van der Waals surface area contributed by atoms with Crippen LogP contribution >= 0.6 is 0 Å². The summed E-state index contributed by atoms with van der Waals surface area (Å²) in [7, 11) is 0. The molecule has 0 atom stereocenters. The fourth-order valence-electron chi connectivity index (χ4n) is 0.472. The second kappa shape index (κ2) is 4.13. The van der Waals surface area contributed by atoms with Crippen LogP contribution in [-0.4, -0.2) is 10.8 Å². The van der Waals surface area contributed by atoms with Gasteiger partial charge in [0.05, 0.1) is 5.76 Å². The third kappa shape index (κ3) is 5.07. The molecule has 0 fully saturated rings. The first-order chi connectivity index (χ1) is 4.16. The zero-order valence-corrected chi connectivity index (χ0v) is 5.78. The molecular weight excluding hydrogens is 114 g/mol. The van der Waals surface area contributed by atoms with Crippen LogP contribution in [0.4, 0.5) is 0 Å². The van der Waals surface area contributed by atoms with E-state index in [1.54, 1.807) is 0 Å². The number of aliphatic hydroxyl groups excluding tert-OH is 1. The van der Waals surface area contributed by atoms with Gasteiger partial charge in [-0.2, -0.15) is 0 Å². The molecule has 0 saturated heterocycles. The predicted molar refractivity (Wildman–Crippen MR) is 39.0 cm³/mol. The second-order valence-corrected chi connectivity index (χ2v) is 2.02. The molecule has 0 aromatic heterocycles. The third-order valence-corrected chi connectivity index (χ3v) is 1.14. The highest BCUT2D eigenvalue weighted by atomic mass is 16.3. The molecule has 0 unspecified atom stereocenters. The molecule has 9 heavy (non-hydrogen) atoms. The zero-order chi connectivity index (χ0) is 7.28. The Bertz CT molecular complexity index is 118. The summed E-state index contributed by atoms with van der Waals surface area (Å²) in [5, 5.41) is 15.8. The van der Waals surface area contributed by atoms with Gasteiger partial charge >= 0.3 is 0 Å². The molecule has 0 rings (SSSR count). The molecule has 2 nitrogen and oxygen atoms in total. The molecule has 0 radical (unpaired) electrons. The lowest BCUT2D eigenvalue weighted by molar-refractivity contribution is 0.393. The van der Waals surface area contributed by atoms with E-state index < -0.39 is 0 Å². The van der Waals surface area contributed by atoms with Gasteiger partial charge in [0, 0.05) is 12.1 Å². The Hall–Kier alpha value is -0.790. The zero-order valence-electron chi connectivity index (χ0n) is 5.78. The van der Waals surface area contributed by atoms with Crippen LogP contribution in [0.3, 0.4) is 0 Å². The molecular formula is C7H13NO. The van der Waals surface area contributed by atoms with Crippen molar-refractivity contribution in [1.82, 2.24) is 0 Å². The van der Waals surface area contributed by atoms with Crippen molar-refractivity contribution in [2.75, 3.05) is 0 Å². The summed E-state index contributed by atoms with van der Waals surface area (Å²) in [6.07, 6.45) is 1.95. The van der Waals surface area contributed by atoms with E-state index in [9.17, 15) is 0 Å². The van der Waals surface area contributed by atoms with Crippen LogP contribution in [0.1, 0.15) is 26.2 Å². The summed E-state index contributed by atoms with van der Waals surface area (Å²) in [4.78, 5) is 0. The highest BCUT2D eigenvalue weighted by Gasteiger charge is 1.93. The number of hydrogen-bond donors (Lipinski definition) is 2. The minimum atomic E-state index is 0.174.